The lowest BCUT2D eigenvalue weighted by molar-refractivity contribution is 0.172. The summed E-state index contributed by atoms with van der Waals surface area (Å²) in [6.45, 7) is 13.8. The fourth-order valence-corrected chi connectivity index (χ4v) is 14.0. The van der Waals surface area contributed by atoms with Crippen LogP contribution in [0.4, 0.5) is 0 Å². The van der Waals surface area contributed by atoms with Gasteiger partial charge in [0.2, 0.25) is 0 Å². The number of benzene rings is 2. The molecule has 0 unspecified atom stereocenters. The molecule has 0 N–H and O–H groups in total. The van der Waals surface area contributed by atoms with E-state index in [-0.39, 0.29) is 0 Å². The van der Waals surface area contributed by atoms with Crippen LogP contribution < -0.4 is 37.9 Å². The average Bonchev–Trinajstić information content (AvgIpc) is 4.17. The first kappa shape index (κ1) is 67.4. The number of hydrogen-bond donors (Lipinski definition) is 0. The van der Waals surface area contributed by atoms with E-state index in [0.717, 1.165) is 102 Å². The second-order valence-electron chi connectivity index (χ2n) is 23.7. The third kappa shape index (κ3) is 24.7. The number of ether oxygens (including phenoxy) is 8. The topological polar surface area (TPSA) is 73.8 Å². The molecular formula is C72H114O8S2. The quantitative estimate of drug-likeness (QED) is 0.0405. The van der Waals surface area contributed by atoms with Crippen LogP contribution in [0.2, 0.25) is 0 Å². The molecule has 2 aromatic carbocycles. The zero-order chi connectivity index (χ0) is 57.3. The second-order valence-corrected chi connectivity index (χ2v) is 25.7. The normalized spacial score (nSPS) is 12.8. The van der Waals surface area contributed by atoms with Crippen LogP contribution in [0, 0.1) is 0 Å². The van der Waals surface area contributed by atoms with Crippen LogP contribution in [0.3, 0.4) is 0 Å². The average molecular weight is 1170 g/mol. The molecule has 0 spiro atoms. The Balaban J connectivity index is 1.21. The Morgan fingerprint density at radius 2 is 0.512 bits per heavy atom. The fraction of sp³-hybridized carbons (Fsp3) is 0.722. The summed E-state index contributed by atoms with van der Waals surface area (Å²) in [6, 6.07) is 12.7. The van der Waals surface area contributed by atoms with E-state index in [2.05, 4.69) is 64.1 Å². The predicted octanol–water partition coefficient (Wildman–Crippen LogP) is 23.6. The highest BCUT2D eigenvalue weighted by Crippen LogP contribution is 2.62. The first-order chi connectivity index (χ1) is 40.7. The van der Waals surface area contributed by atoms with E-state index in [9.17, 15) is 0 Å². The molecular weight excluding hydrogens is 1060 g/mol. The first-order valence-electron chi connectivity index (χ1n) is 34.3. The molecule has 0 saturated carbocycles. The molecule has 0 aliphatic carbocycles. The zero-order valence-corrected chi connectivity index (χ0v) is 54.1. The van der Waals surface area contributed by atoms with Crippen LogP contribution in [0.15, 0.2) is 36.4 Å². The third-order valence-electron chi connectivity index (χ3n) is 16.4. The summed E-state index contributed by atoms with van der Waals surface area (Å²) < 4.78 is 53.2. The van der Waals surface area contributed by atoms with Gasteiger partial charge in [-0.1, -0.05) is 259 Å². The highest BCUT2D eigenvalue weighted by Gasteiger charge is 2.35. The van der Waals surface area contributed by atoms with Crippen molar-refractivity contribution in [1.82, 2.24) is 0 Å². The van der Waals surface area contributed by atoms with Crippen LogP contribution in [0.5, 0.6) is 46.0 Å². The molecule has 2 aromatic heterocycles. The minimum absolute atomic E-state index is 0.466. The molecule has 0 fully saturated rings. The predicted molar refractivity (Wildman–Crippen MR) is 350 cm³/mol. The Labute approximate surface area is 508 Å². The van der Waals surface area contributed by atoms with Gasteiger partial charge in [0.1, 0.15) is 49.4 Å². The van der Waals surface area contributed by atoms with Crippen molar-refractivity contribution >= 4 is 22.7 Å². The summed E-state index contributed by atoms with van der Waals surface area (Å²) in [4.78, 5) is 3.91. The summed E-state index contributed by atoms with van der Waals surface area (Å²) >= 11 is 3.37. The van der Waals surface area contributed by atoms with Crippen molar-refractivity contribution in [3.8, 4) is 76.6 Å². The molecule has 2 aliphatic rings. The summed E-state index contributed by atoms with van der Waals surface area (Å²) in [6.07, 6.45) is 51.7. The van der Waals surface area contributed by atoms with E-state index in [1.165, 1.54) is 231 Å². The SMILES string of the molecule is CCCCCCCCCCCCOc1ccc(OCCCCCCCCCCCC)c(-c2sc(-c3sc(-c4cc(OCCCCCCCCCCCC)ccc4OCCCCCCCCCCCC)c4c3OCCO4)c3c2OCCO3)c1. The smallest absolute Gasteiger partial charge is 0.181 e. The van der Waals surface area contributed by atoms with Crippen molar-refractivity contribution in [3.63, 3.8) is 0 Å². The van der Waals surface area contributed by atoms with Crippen LogP contribution >= 0.6 is 22.7 Å². The lowest BCUT2D eigenvalue weighted by Crippen LogP contribution is -2.15. The van der Waals surface area contributed by atoms with E-state index in [4.69, 9.17) is 37.9 Å². The Morgan fingerprint density at radius 3 is 0.780 bits per heavy atom. The Bertz CT molecular complexity index is 2090. The molecule has 0 amide bonds. The van der Waals surface area contributed by atoms with Gasteiger partial charge in [-0.2, -0.15) is 0 Å². The molecule has 10 heteroatoms. The molecule has 462 valence electrons. The van der Waals surface area contributed by atoms with Gasteiger partial charge in [0.15, 0.2) is 23.0 Å². The number of unbranched alkanes of at least 4 members (excludes halogenated alkanes) is 36. The van der Waals surface area contributed by atoms with E-state index in [1.807, 2.05) is 0 Å². The number of rotatable bonds is 51. The van der Waals surface area contributed by atoms with Crippen LogP contribution in [0.25, 0.3) is 30.6 Å². The highest BCUT2D eigenvalue weighted by atomic mass is 32.1. The van der Waals surface area contributed by atoms with Gasteiger partial charge in [0.25, 0.3) is 0 Å². The van der Waals surface area contributed by atoms with Gasteiger partial charge in [-0.05, 0) is 62.1 Å². The van der Waals surface area contributed by atoms with E-state index < -0.39 is 0 Å². The Kier molecular flexibility index (Phi) is 35.3. The summed E-state index contributed by atoms with van der Waals surface area (Å²) in [7, 11) is 0. The minimum Gasteiger partial charge on any atom is -0.494 e. The van der Waals surface area contributed by atoms with Gasteiger partial charge in [0, 0.05) is 11.1 Å². The number of fused-ring (bicyclic) bond motifs is 2. The number of thiophene rings is 2. The maximum Gasteiger partial charge on any atom is 0.181 e. The molecule has 0 atom stereocenters. The van der Waals surface area contributed by atoms with Crippen molar-refractivity contribution in [1.29, 1.82) is 0 Å². The molecule has 4 heterocycles. The highest BCUT2D eigenvalue weighted by molar-refractivity contribution is 7.26. The monoisotopic (exact) mass is 1170 g/mol. The molecule has 0 saturated heterocycles. The Morgan fingerprint density at radius 1 is 0.280 bits per heavy atom. The maximum atomic E-state index is 6.75. The summed E-state index contributed by atoms with van der Waals surface area (Å²) in [5, 5.41) is 0. The van der Waals surface area contributed by atoms with Gasteiger partial charge in [-0.15, -0.1) is 22.7 Å². The van der Waals surface area contributed by atoms with E-state index in [0.29, 0.717) is 52.9 Å². The lowest BCUT2D eigenvalue weighted by Gasteiger charge is -2.19. The Hall–Kier alpha value is -3.76. The lowest BCUT2D eigenvalue weighted by atomic mass is 10.1. The van der Waals surface area contributed by atoms with Gasteiger partial charge in [-0.25, -0.2) is 0 Å². The van der Waals surface area contributed by atoms with Gasteiger partial charge < -0.3 is 37.9 Å². The molecule has 0 radical (unpaired) electrons. The van der Waals surface area contributed by atoms with Crippen LogP contribution in [-0.4, -0.2) is 52.9 Å². The maximum absolute atomic E-state index is 6.75. The van der Waals surface area contributed by atoms with Crippen LogP contribution in [0.1, 0.15) is 285 Å². The zero-order valence-electron chi connectivity index (χ0n) is 52.5. The fourth-order valence-electron chi connectivity index (χ4n) is 11.5. The van der Waals surface area contributed by atoms with Crippen LogP contribution in [-0.2, 0) is 0 Å². The van der Waals surface area contributed by atoms with Gasteiger partial charge in [0.05, 0.1) is 45.9 Å². The largest absolute Gasteiger partial charge is 0.494 e. The van der Waals surface area contributed by atoms with Crippen molar-refractivity contribution < 1.29 is 37.9 Å². The van der Waals surface area contributed by atoms with E-state index in [1.54, 1.807) is 22.7 Å². The van der Waals surface area contributed by atoms with Crippen molar-refractivity contribution in [2.75, 3.05) is 52.9 Å². The summed E-state index contributed by atoms with van der Waals surface area (Å²) in [5.41, 5.74) is 1.95. The third-order valence-corrected chi connectivity index (χ3v) is 19.0. The molecule has 8 nitrogen and oxygen atoms in total. The number of hydrogen-bond acceptors (Lipinski definition) is 10. The second kappa shape index (κ2) is 43.0. The summed E-state index contributed by atoms with van der Waals surface area (Å²) in [5.74, 6) is 6.41. The van der Waals surface area contributed by atoms with Gasteiger partial charge >= 0.3 is 0 Å². The first-order valence-corrected chi connectivity index (χ1v) is 35.9. The van der Waals surface area contributed by atoms with Crippen molar-refractivity contribution in [3.05, 3.63) is 36.4 Å². The molecule has 2 aliphatic heterocycles. The molecule has 6 rings (SSSR count). The molecule has 4 aromatic rings. The molecule has 82 heavy (non-hydrogen) atoms. The molecule has 0 bridgehead atoms. The standard InChI is InChI=1S/C72H114O8S2/c1-5-9-13-17-21-25-29-33-37-41-49-73-59-45-47-63(75-51-43-39-35-31-27-23-19-15-11-7-3)61(57-59)69-65-67(79-55-53-77-65)71(81-69)72-68-66(78-54-56-80-68)70(82-72)62-58-60(74-50-42-38-34-30-26-22-18-14-10-6-2)46-48-64(62)76-52-44-40-36-32-28-24-20-16-12-8-4/h45-48,57-58H,5-44,49-56H2,1-4H3. The van der Waals surface area contributed by atoms with Crippen molar-refractivity contribution in [2.24, 2.45) is 0 Å². The minimum atomic E-state index is 0.466. The van der Waals surface area contributed by atoms with E-state index >= 15 is 0 Å². The van der Waals surface area contributed by atoms with Crippen molar-refractivity contribution in [2.45, 2.75) is 285 Å². The van der Waals surface area contributed by atoms with Gasteiger partial charge in [-0.3, -0.25) is 0 Å².